The molecule has 0 saturated heterocycles. The maximum Gasteiger partial charge on any atom is 0.126 e. The molecule has 0 saturated carbocycles. The zero-order chi connectivity index (χ0) is 13.1. The van der Waals surface area contributed by atoms with E-state index in [1.807, 2.05) is 31.2 Å². The standard InChI is InChI=1S/C16H18O2/c1-3-11-9-10-14(16(18)12(11)4-2)13-7-5-6-8-15(13)17/h5-10,17-18H,3-4H2,1-2H3. The number of hydrogen-bond acceptors (Lipinski definition) is 2. The van der Waals surface area contributed by atoms with E-state index < -0.39 is 0 Å². The predicted octanol–water partition coefficient (Wildman–Crippen LogP) is 3.89. The van der Waals surface area contributed by atoms with Crippen molar-refractivity contribution in [3.63, 3.8) is 0 Å². The molecule has 0 spiro atoms. The summed E-state index contributed by atoms with van der Waals surface area (Å²) in [5.41, 5.74) is 3.50. The van der Waals surface area contributed by atoms with Crippen molar-refractivity contribution in [2.75, 3.05) is 0 Å². The van der Waals surface area contributed by atoms with Gasteiger partial charge in [0.2, 0.25) is 0 Å². The summed E-state index contributed by atoms with van der Waals surface area (Å²) in [4.78, 5) is 0. The summed E-state index contributed by atoms with van der Waals surface area (Å²) < 4.78 is 0. The Morgan fingerprint density at radius 3 is 2.17 bits per heavy atom. The largest absolute Gasteiger partial charge is 0.507 e. The van der Waals surface area contributed by atoms with Gasteiger partial charge in [-0.25, -0.2) is 0 Å². The van der Waals surface area contributed by atoms with Crippen LogP contribution in [0.15, 0.2) is 36.4 Å². The normalized spacial score (nSPS) is 10.6. The van der Waals surface area contributed by atoms with E-state index in [0.717, 1.165) is 24.0 Å². The lowest BCUT2D eigenvalue weighted by Crippen LogP contribution is -1.93. The van der Waals surface area contributed by atoms with Gasteiger partial charge in [0.05, 0.1) is 0 Å². The smallest absolute Gasteiger partial charge is 0.126 e. The van der Waals surface area contributed by atoms with Crippen LogP contribution in [0.5, 0.6) is 11.5 Å². The maximum absolute atomic E-state index is 10.4. The first-order valence-corrected chi connectivity index (χ1v) is 6.31. The van der Waals surface area contributed by atoms with Gasteiger partial charge in [-0.3, -0.25) is 0 Å². The molecule has 2 aromatic carbocycles. The Morgan fingerprint density at radius 1 is 0.833 bits per heavy atom. The van der Waals surface area contributed by atoms with E-state index in [2.05, 4.69) is 6.92 Å². The summed E-state index contributed by atoms with van der Waals surface area (Å²) >= 11 is 0. The zero-order valence-corrected chi connectivity index (χ0v) is 10.8. The highest BCUT2D eigenvalue weighted by Crippen LogP contribution is 2.38. The van der Waals surface area contributed by atoms with Gasteiger partial charge in [-0.15, -0.1) is 0 Å². The lowest BCUT2D eigenvalue weighted by atomic mass is 9.94. The lowest BCUT2D eigenvalue weighted by molar-refractivity contribution is 0.464. The van der Waals surface area contributed by atoms with E-state index in [1.165, 1.54) is 0 Å². The molecule has 0 fully saturated rings. The Balaban J connectivity index is 2.63. The van der Waals surface area contributed by atoms with Gasteiger partial charge in [-0.2, -0.15) is 0 Å². The van der Waals surface area contributed by atoms with Crippen molar-refractivity contribution in [3.05, 3.63) is 47.5 Å². The fourth-order valence-electron chi connectivity index (χ4n) is 2.32. The number of rotatable bonds is 3. The molecule has 0 aliphatic carbocycles. The summed E-state index contributed by atoms with van der Waals surface area (Å²) in [6.07, 6.45) is 1.69. The third-order valence-electron chi connectivity index (χ3n) is 3.31. The highest BCUT2D eigenvalue weighted by Gasteiger charge is 2.13. The van der Waals surface area contributed by atoms with E-state index in [4.69, 9.17) is 0 Å². The number of phenolic OH excluding ortho intramolecular Hbond substituents is 2. The number of aromatic hydroxyl groups is 2. The van der Waals surface area contributed by atoms with Crippen molar-refractivity contribution in [2.24, 2.45) is 0 Å². The summed E-state index contributed by atoms with van der Waals surface area (Å²) in [7, 11) is 0. The van der Waals surface area contributed by atoms with Crippen LogP contribution in [0, 0.1) is 0 Å². The minimum absolute atomic E-state index is 0.194. The number of phenols is 2. The fourth-order valence-corrected chi connectivity index (χ4v) is 2.32. The maximum atomic E-state index is 10.4. The molecule has 2 rings (SSSR count). The van der Waals surface area contributed by atoms with E-state index in [1.54, 1.807) is 12.1 Å². The number of aryl methyl sites for hydroxylation is 1. The zero-order valence-electron chi connectivity index (χ0n) is 10.8. The first kappa shape index (κ1) is 12.5. The van der Waals surface area contributed by atoms with Gasteiger partial charge < -0.3 is 10.2 Å². The average Bonchev–Trinajstić information content (AvgIpc) is 2.39. The third kappa shape index (κ3) is 2.06. The molecule has 2 heteroatoms. The van der Waals surface area contributed by atoms with Crippen LogP contribution in [0.2, 0.25) is 0 Å². The van der Waals surface area contributed by atoms with Crippen LogP contribution in [-0.2, 0) is 12.8 Å². The molecule has 0 heterocycles. The Bertz CT molecular complexity index is 559. The van der Waals surface area contributed by atoms with Crippen molar-refractivity contribution in [1.29, 1.82) is 0 Å². The third-order valence-corrected chi connectivity index (χ3v) is 3.31. The van der Waals surface area contributed by atoms with E-state index in [9.17, 15) is 10.2 Å². The molecule has 0 radical (unpaired) electrons. The van der Waals surface area contributed by atoms with E-state index >= 15 is 0 Å². The minimum atomic E-state index is 0.194. The van der Waals surface area contributed by atoms with Gasteiger partial charge in [0.25, 0.3) is 0 Å². The molecule has 0 bridgehead atoms. The Labute approximate surface area is 108 Å². The van der Waals surface area contributed by atoms with Gasteiger partial charge in [-0.05, 0) is 30.0 Å². The Kier molecular flexibility index (Phi) is 3.56. The monoisotopic (exact) mass is 242 g/mol. The van der Waals surface area contributed by atoms with Crippen LogP contribution in [0.3, 0.4) is 0 Å². The molecular weight excluding hydrogens is 224 g/mol. The van der Waals surface area contributed by atoms with Gasteiger partial charge in [0.15, 0.2) is 0 Å². The quantitative estimate of drug-likeness (QED) is 0.857. The van der Waals surface area contributed by atoms with Crippen LogP contribution in [0.4, 0.5) is 0 Å². The summed E-state index contributed by atoms with van der Waals surface area (Å²) in [6.45, 7) is 4.11. The second-order valence-electron chi connectivity index (χ2n) is 4.32. The number of benzene rings is 2. The molecule has 0 atom stereocenters. The molecule has 94 valence electrons. The molecule has 0 amide bonds. The van der Waals surface area contributed by atoms with Gasteiger partial charge in [-0.1, -0.05) is 44.2 Å². The minimum Gasteiger partial charge on any atom is -0.507 e. The van der Waals surface area contributed by atoms with Crippen molar-refractivity contribution in [1.82, 2.24) is 0 Å². The van der Waals surface area contributed by atoms with E-state index in [-0.39, 0.29) is 5.75 Å². The second-order valence-corrected chi connectivity index (χ2v) is 4.32. The summed E-state index contributed by atoms with van der Waals surface area (Å²) in [6, 6.07) is 11.0. The van der Waals surface area contributed by atoms with Crippen molar-refractivity contribution in [3.8, 4) is 22.6 Å². The SMILES string of the molecule is CCc1ccc(-c2ccccc2O)c(O)c1CC. The van der Waals surface area contributed by atoms with Crippen molar-refractivity contribution < 1.29 is 10.2 Å². The lowest BCUT2D eigenvalue weighted by Gasteiger charge is -2.13. The molecule has 0 aliphatic heterocycles. The Morgan fingerprint density at radius 2 is 1.56 bits per heavy atom. The van der Waals surface area contributed by atoms with Crippen LogP contribution in [-0.4, -0.2) is 10.2 Å². The van der Waals surface area contributed by atoms with Crippen LogP contribution >= 0.6 is 0 Å². The predicted molar refractivity (Wildman–Crippen MR) is 74.0 cm³/mol. The first-order valence-electron chi connectivity index (χ1n) is 6.31. The molecule has 0 aromatic heterocycles. The molecular formula is C16H18O2. The highest BCUT2D eigenvalue weighted by atomic mass is 16.3. The van der Waals surface area contributed by atoms with Crippen LogP contribution in [0.25, 0.3) is 11.1 Å². The molecule has 2 aromatic rings. The van der Waals surface area contributed by atoms with Crippen LogP contribution < -0.4 is 0 Å². The summed E-state index contributed by atoms with van der Waals surface area (Å²) in [5, 5.41) is 20.2. The van der Waals surface area contributed by atoms with Crippen molar-refractivity contribution in [2.45, 2.75) is 26.7 Å². The average molecular weight is 242 g/mol. The number of hydrogen-bond donors (Lipinski definition) is 2. The molecule has 0 unspecified atom stereocenters. The van der Waals surface area contributed by atoms with E-state index in [0.29, 0.717) is 16.9 Å². The fraction of sp³-hybridized carbons (Fsp3) is 0.250. The molecule has 2 N–H and O–H groups in total. The topological polar surface area (TPSA) is 40.5 Å². The van der Waals surface area contributed by atoms with Gasteiger partial charge in [0, 0.05) is 11.1 Å². The van der Waals surface area contributed by atoms with Gasteiger partial charge >= 0.3 is 0 Å². The summed E-state index contributed by atoms with van der Waals surface area (Å²) in [5.74, 6) is 0.484. The second kappa shape index (κ2) is 5.13. The van der Waals surface area contributed by atoms with Crippen LogP contribution in [0.1, 0.15) is 25.0 Å². The van der Waals surface area contributed by atoms with Gasteiger partial charge in [0.1, 0.15) is 11.5 Å². The molecule has 2 nitrogen and oxygen atoms in total. The van der Waals surface area contributed by atoms with Crippen molar-refractivity contribution >= 4 is 0 Å². The molecule has 0 aliphatic rings. The molecule has 18 heavy (non-hydrogen) atoms. The number of para-hydroxylation sites is 1. The Hall–Kier alpha value is -1.96. The first-order chi connectivity index (χ1) is 8.69. The highest BCUT2D eigenvalue weighted by molar-refractivity contribution is 5.77.